The van der Waals surface area contributed by atoms with E-state index >= 15 is 0 Å². The molecular formula is C8H11ClN2OS. The maximum Gasteiger partial charge on any atom is 0.237 e. The smallest absolute Gasteiger partial charge is 0.237 e. The van der Waals surface area contributed by atoms with Crippen LogP contribution in [-0.4, -0.2) is 28.7 Å². The Morgan fingerprint density at radius 2 is 2.46 bits per heavy atom. The second-order valence-corrected chi connectivity index (χ2v) is 3.98. The Labute approximate surface area is 86.3 Å². The number of amides is 1. The van der Waals surface area contributed by atoms with Gasteiger partial charge in [-0.25, -0.2) is 4.98 Å². The molecular weight excluding hydrogens is 208 g/mol. The van der Waals surface area contributed by atoms with Crippen molar-refractivity contribution in [3.63, 3.8) is 0 Å². The number of aromatic nitrogens is 1. The van der Waals surface area contributed by atoms with Gasteiger partial charge >= 0.3 is 0 Å². The largest absolute Gasteiger partial charge is 0.338 e. The summed E-state index contributed by atoms with van der Waals surface area (Å²) >= 11 is 6.97. The van der Waals surface area contributed by atoms with E-state index in [1.807, 2.05) is 12.3 Å². The first-order valence-corrected chi connectivity index (χ1v) is 5.26. The number of halogens is 1. The van der Waals surface area contributed by atoms with E-state index in [-0.39, 0.29) is 11.8 Å². The zero-order valence-corrected chi connectivity index (χ0v) is 9.15. The van der Waals surface area contributed by atoms with Crippen molar-refractivity contribution in [1.82, 2.24) is 9.88 Å². The van der Waals surface area contributed by atoms with Crippen molar-refractivity contribution >= 4 is 28.8 Å². The molecule has 0 bridgehead atoms. The Morgan fingerprint density at radius 1 is 1.77 bits per heavy atom. The zero-order chi connectivity index (χ0) is 9.84. The summed E-state index contributed by atoms with van der Waals surface area (Å²) < 4.78 is 0. The molecule has 1 aromatic heterocycles. The fourth-order valence-corrected chi connectivity index (χ4v) is 1.90. The van der Waals surface area contributed by atoms with E-state index in [0.29, 0.717) is 6.54 Å². The van der Waals surface area contributed by atoms with Gasteiger partial charge in [0.1, 0.15) is 10.9 Å². The minimum atomic E-state index is -0.0745. The molecule has 1 aromatic rings. The van der Waals surface area contributed by atoms with Gasteiger partial charge in [0.2, 0.25) is 5.91 Å². The first-order chi connectivity index (χ1) is 6.13. The lowest BCUT2D eigenvalue weighted by atomic mass is 10.5. The van der Waals surface area contributed by atoms with Crippen LogP contribution in [0.15, 0.2) is 5.38 Å². The standard InChI is InChI=1S/C8H11ClN2OS/c1-6-5-13-7(10-6)4-11(2)8(12)3-9/h5H,3-4H2,1-2H3. The molecule has 13 heavy (non-hydrogen) atoms. The topological polar surface area (TPSA) is 33.2 Å². The molecule has 1 heterocycles. The van der Waals surface area contributed by atoms with E-state index in [9.17, 15) is 4.79 Å². The molecule has 0 aromatic carbocycles. The van der Waals surface area contributed by atoms with Gasteiger partial charge in [0, 0.05) is 18.1 Å². The van der Waals surface area contributed by atoms with Gasteiger partial charge in [-0.05, 0) is 6.92 Å². The molecule has 3 nitrogen and oxygen atoms in total. The molecule has 1 amide bonds. The van der Waals surface area contributed by atoms with Crippen LogP contribution >= 0.6 is 22.9 Å². The minimum Gasteiger partial charge on any atom is -0.338 e. The van der Waals surface area contributed by atoms with Gasteiger partial charge < -0.3 is 4.90 Å². The number of alkyl halides is 1. The average molecular weight is 219 g/mol. The van der Waals surface area contributed by atoms with Gasteiger partial charge in [-0.2, -0.15) is 0 Å². The fraction of sp³-hybridized carbons (Fsp3) is 0.500. The van der Waals surface area contributed by atoms with Crippen LogP contribution in [0.4, 0.5) is 0 Å². The number of hydrogen-bond acceptors (Lipinski definition) is 3. The Kier molecular flexibility index (Phi) is 3.69. The Morgan fingerprint density at radius 3 is 2.92 bits per heavy atom. The van der Waals surface area contributed by atoms with Gasteiger partial charge in [-0.1, -0.05) is 0 Å². The monoisotopic (exact) mass is 218 g/mol. The first kappa shape index (κ1) is 10.5. The van der Waals surface area contributed by atoms with Crippen LogP contribution in [-0.2, 0) is 11.3 Å². The number of hydrogen-bond donors (Lipinski definition) is 0. The molecule has 0 atom stereocenters. The lowest BCUT2D eigenvalue weighted by Gasteiger charge is -2.13. The molecule has 0 N–H and O–H groups in total. The van der Waals surface area contributed by atoms with Gasteiger partial charge in [0.25, 0.3) is 0 Å². The van der Waals surface area contributed by atoms with Crippen LogP contribution in [0.1, 0.15) is 10.7 Å². The van der Waals surface area contributed by atoms with Crippen molar-refractivity contribution < 1.29 is 4.79 Å². The lowest BCUT2D eigenvalue weighted by Crippen LogP contribution is -2.26. The summed E-state index contributed by atoms with van der Waals surface area (Å²) in [7, 11) is 1.72. The number of thiazole rings is 1. The van der Waals surface area contributed by atoms with Crippen molar-refractivity contribution in [3.8, 4) is 0 Å². The summed E-state index contributed by atoms with van der Waals surface area (Å²) in [4.78, 5) is 16.9. The first-order valence-electron chi connectivity index (χ1n) is 3.84. The number of aryl methyl sites for hydroxylation is 1. The van der Waals surface area contributed by atoms with Crippen LogP contribution in [0.3, 0.4) is 0 Å². The molecule has 0 fully saturated rings. The van der Waals surface area contributed by atoms with Crippen molar-refractivity contribution in [2.45, 2.75) is 13.5 Å². The zero-order valence-electron chi connectivity index (χ0n) is 7.58. The fourth-order valence-electron chi connectivity index (χ4n) is 0.868. The Bertz CT molecular complexity index is 300. The normalized spacial score (nSPS) is 10.1. The van der Waals surface area contributed by atoms with Gasteiger partial charge in [-0.3, -0.25) is 4.79 Å². The molecule has 0 aliphatic carbocycles. The average Bonchev–Trinajstić information content (AvgIpc) is 2.49. The van der Waals surface area contributed by atoms with Crippen molar-refractivity contribution in [1.29, 1.82) is 0 Å². The van der Waals surface area contributed by atoms with Crippen LogP contribution < -0.4 is 0 Å². The summed E-state index contributed by atoms with van der Waals surface area (Å²) in [5, 5.41) is 2.91. The molecule has 0 spiro atoms. The van der Waals surface area contributed by atoms with Gasteiger partial charge in [0.15, 0.2) is 0 Å². The molecule has 0 aliphatic rings. The SMILES string of the molecule is Cc1csc(CN(C)C(=O)CCl)n1. The van der Waals surface area contributed by atoms with Gasteiger partial charge in [-0.15, -0.1) is 22.9 Å². The van der Waals surface area contributed by atoms with Crippen molar-refractivity contribution in [2.24, 2.45) is 0 Å². The van der Waals surface area contributed by atoms with Crippen LogP contribution in [0.2, 0.25) is 0 Å². The highest BCUT2D eigenvalue weighted by molar-refractivity contribution is 7.09. The highest BCUT2D eigenvalue weighted by atomic mass is 35.5. The molecule has 0 aliphatic heterocycles. The predicted octanol–water partition coefficient (Wildman–Crippen LogP) is 1.65. The second-order valence-electron chi connectivity index (χ2n) is 2.77. The van der Waals surface area contributed by atoms with Crippen molar-refractivity contribution in [2.75, 3.05) is 12.9 Å². The van der Waals surface area contributed by atoms with Crippen LogP contribution in [0.5, 0.6) is 0 Å². The Balaban J connectivity index is 2.54. The van der Waals surface area contributed by atoms with Crippen LogP contribution in [0.25, 0.3) is 0 Å². The van der Waals surface area contributed by atoms with E-state index in [1.54, 1.807) is 23.3 Å². The second kappa shape index (κ2) is 4.58. The van der Waals surface area contributed by atoms with E-state index in [2.05, 4.69) is 4.98 Å². The predicted molar refractivity (Wildman–Crippen MR) is 54.0 cm³/mol. The van der Waals surface area contributed by atoms with Gasteiger partial charge in [0.05, 0.1) is 6.54 Å². The summed E-state index contributed by atoms with van der Waals surface area (Å²) in [6.07, 6.45) is 0. The lowest BCUT2D eigenvalue weighted by molar-refractivity contribution is -0.127. The molecule has 0 saturated carbocycles. The summed E-state index contributed by atoms with van der Waals surface area (Å²) in [5.41, 5.74) is 0.992. The molecule has 1 rings (SSSR count). The highest BCUT2D eigenvalue weighted by Gasteiger charge is 2.08. The molecule has 5 heteroatoms. The summed E-state index contributed by atoms with van der Waals surface area (Å²) in [6.45, 7) is 2.48. The van der Waals surface area contributed by atoms with E-state index < -0.39 is 0 Å². The van der Waals surface area contributed by atoms with E-state index in [4.69, 9.17) is 11.6 Å². The third kappa shape index (κ3) is 2.97. The molecule has 0 radical (unpaired) electrons. The number of carbonyl (C=O) groups excluding carboxylic acids is 1. The minimum absolute atomic E-state index is 0.0286. The number of rotatable bonds is 3. The third-order valence-corrected chi connectivity index (χ3v) is 2.76. The molecule has 0 unspecified atom stereocenters. The van der Waals surface area contributed by atoms with Crippen molar-refractivity contribution in [3.05, 3.63) is 16.1 Å². The Hall–Kier alpha value is -0.610. The molecule has 72 valence electrons. The number of carbonyl (C=O) groups is 1. The maximum atomic E-state index is 11.1. The third-order valence-electron chi connectivity index (χ3n) is 1.58. The van der Waals surface area contributed by atoms with E-state index in [1.165, 1.54) is 0 Å². The van der Waals surface area contributed by atoms with E-state index in [0.717, 1.165) is 10.7 Å². The quantitative estimate of drug-likeness (QED) is 0.723. The summed E-state index contributed by atoms with van der Waals surface area (Å²) in [6, 6.07) is 0. The maximum absolute atomic E-state index is 11.1. The van der Waals surface area contributed by atoms with Crippen LogP contribution in [0, 0.1) is 6.92 Å². The molecule has 0 saturated heterocycles. The number of nitrogens with zero attached hydrogens (tertiary/aromatic N) is 2. The highest BCUT2D eigenvalue weighted by Crippen LogP contribution is 2.10. The summed E-state index contributed by atoms with van der Waals surface area (Å²) in [5.74, 6) is -0.0459.